The van der Waals surface area contributed by atoms with Gasteiger partial charge in [-0.1, -0.05) is 34.5 Å². The van der Waals surface area contributed by atoms with Gasteiger partial charge in [0.1, 0.15) is 33.7 Å². The first-order chi connectivity index (χ1) is 19.1. The minimum Gasteiger partial charge on any atom is -0.489 e. The van der Waals surface area contributed by atoms with Gasteiger partial charge in [-0.2, -0.15) is 0 Å². The van der Waals surface area contributed by atoms with Crippen molar-refractivity contribution < 1.29 is 28.1 Å². The van der Waals surface area contributed by atoms with Crippen LogP contribution >= 0.6 is 34.5 Å². The molecule has 0 aliphatic carbocycles. The van der Waals surface area contributed by atoms with Crippen molar-refractivity contribution in [2.75, 3.05) is 6.61 Å². The molecule has 1 saturated heterocycles. The van der Waals surface area contributed by atoms with E-state index in [1.54, 1.807) is 46.8 Å². The standard InChI is InChI=1S/C29H34Cl2FN3O5S/c1-15(2)38-23-10-9-17(11-20(23)31)25-33-34-26(41-25)18-12-21(32)24(13-19(18)30)37-14-22-16(3)39-29(7,8)35(22)27(36)40-28(4,5)6/h9-13,15-16,22H,14H2,1-8H3/t16-,22+/m1/s1. The zero-order valence-corrected chi connectivity index (χ0v) is 26.6. The van der Waals surface area contributed by atoms with Crippen molar-refractivity contribution in [2.45, 2.75) is 85.0 Å². The van der Waals surface area contributed by atoms with Crippen molar-refractivity contribution in [1.29, 1.82) is 0 Å². The van der Waals surface area contributed by atoms with Crippen molar-refractivity contribution in [2.24, 2.45) is 0 Å². The van der Waals surface area contributed by atoms with Crippen LogP contribution in [0.2, 0.25) is 10.0 Å². The van der Waals surface area contributed by atoms with E-state index in [1.807, 2.05) is 26.8 Å². The average molecular weight is 627 g/mol. The molecule has 41 heavy (non-hydrogen) atoms. The molecule has 1 aliphatic rings. The van der Waals surface area contributed by atoms with E-state index in [9.17, 15) is 4.79 Å². The van der Waals surface area contributed by atoms with Crippen LogP contribution in [0, 0.1) is 5.82 Å². The Hall–Kier alpha value is -2.66. The van der Waals surface area contributed by atoms with Crippen LogP contribution in [0.25, 0.3) is 21.1 Å². The minimum absolute atomic E-state index is 0.0128. The zero-order chi connectivity index (χ0) is 30.3. The molecule has 1 aliphatic heterocycles. The van der Waals surface area contributed by atoms with Crippen LogP contribution in [0.15, 0.2) is 30.3 Å². The van der Waals surface area contributed by atoms with Gasteiger partial charge in [-0.25, -0.2) is 9.18 Å². The normalized spacial score (nSPS) is 18.6. The first-order valence-electron chi connectivity index (χ1n) is 13.2. The Bertz CT molecular complexity index is 1430. The molecule has 0 unspecified atom stereocenters. The number of carbonyl (C=O) groups excluding carboxylic acids is 1. The predicted molar refractivity (Wildman–Crippen MR) is 159 cm³/mol. The van der Waals surface area contributed by atoms with Crippen LogP contribution in [-0.4, -0.2) is 57.4 Å². The van der Waals surface area contributed by atoms with E-state index < -0.39 is 29.3 Å². The maximum atomic E-state index is 15.3. The Kier molecular flexibility index (Phi) is 9.09. The molecule has 0 saturated carbocycles. The molecule has 0 radical (unpaired) electrons. The van der Waals surface area contributed by atoms with Crippen LogP contribution in [0.5, 0.6) is 11.5 Å². The van der Waals surface area contributed by atoms with Gasteiger partial charge in [0.25, 0.3) is 0 Å². The highest BCUT2D eigenvalue weighted by molar-refractivity contribution is 7.18. The number of benzene rings is 2. The molecule has 3 aromatic rings. The second-order valence-corrected chi connectivity index (χ2v) is 13.3. The highest BCUT2D eigenvalue weighted by Gasteiger charge is 2.50. The molecule has 1 amide bonds. The molecule has 222 valence electrons. The smallest absolute Gasteiger partial charge is 0.413 e. The highest BCUT2D eigenvalue weighted by Crippen LogP contribution is 2.39. The van der Waals surface area contributed by atoms with Gasteiger partial charge < -0.3 is 18.9 Å². The van der Waals surface area contributed by atoms with Gasteiger partial charge in [0.2, 0.25) is 0 Å². The summed E-state index contributed by atoms with van der Waals surface area (Å²) in [7, 11) is 0. The van der Waals surface area contributed by atoms with E-state index in [0.717, 1.165) is 5.56 Å². The van der Waals surface area contributed by atoms with Crippen molar-refractivity contribution in [1.82, 2.24) is 15.1 Å². The number of amides is 1. The summed E-state index contributed by atoms with van der Waals surface area (Å²) in [4.78, 5) is 14.5. The molecular formula is C29H34Cl2FN3O5S. The Morgan fingerprint density at radius 3 is 2.44 bits per heavy atom. The fraction of sp³-hybridized carbons (Fsp3) is 0.483. The molecule has 0 spiro atoms. The summed E-state index contributed by atoms with van der Waals surface area (Å²) in [5.41, 5.74) is -0.503. The highest BCUT2D eigenvalue weighted by atomic mass is 35.5. The van der Waals surface area contributed by atoms with Crippen LogP contribution in [0.1, 0.15) is 55.4 Å². The summed E-state index contributed by atoms with van der Waals surface area (Å²) in [6.45, 7) is 14.6. The third kappa shape index (κ3) is 7.23. The SMILES string of the molecule is CC(C)Oc1ccc(-c2nnc(-c3cc(F)c(OC[C@H]4[C@@H](C)OC(C)(C)N4C(=O)OC(C)(C)C)cc3Cl)s2)cc1Cl. The molecule has 1 aromatic heterocycles. The van der Waals surface area contributed by atoms with E-state index in [1.165, 1.54) is 28.4 Å². The predicted octanol–water partition coefficient (Wildman–Crippen LogP) is 8.24. The summed E-state index contributed by atoms with van der Waals surface area (Å²) in [6.07, 6.45) is -0.930. The molecule has 0 N–H and O–H groups in total. The lowest BCUT2D eigenvalue weighted by Gasteiger charge is -2.35. The van der Waals surface area contributed by atoms with E-state index >= 15 is 4.39 Å². The second-order valence-electron chi connectivity index (χ2n) is 11.5. The zero-order valence-electron chi connectivity index (χ0n) is 24.3. The molecule has 4 rings (SSSR count). The Labute approximate surface area is 253 Å². The first kappa shape index (κ1) is 31.3. The number of carbonyl (C=O) groups is 1. The lowest BCUT2D eigenvalue weighted by Crippen LogP contribution is -2.52. The Morgan fingerprint density at radius 1 is 1.12 bits per heavy atom. The van der Waals surface area contributed by atoms with Crippen molar-refractivity contribution in [3.63, 3.8) is 0 Å². The molecular weight excluding hydrogens is 592 g/mol. The summed E-state index contributed by atoms with van der Waals surface area (Å²) in [6, 6.07) is 7.50. The molecule has 2 atom stereocenters. The minimum atomic E-state index is -0.933. The Balaban J connectivity index is 1.51. The average Bonchev–Trinajstić information content (AvgIpc) is 3.41. The maximum absolute atomic E-state index is 15.3. The molecule has 0 bridgehead atoms. The second kappa shape index (κ2) is 11.9. The monoisotopic (exact) mass is 625 g/mol. The van der Waals surface area contributed by atoms with Gasteiger partial charge in [-0.05, 0) is 79.7 Å². The fourth-order valence-electron chi connectivity index (χ4n) is 4.49. The number of rotatable bonds is 7. The van der Waals surface area contributed by atoms with Gasteiger partial charge >= 0.3 is 6.09 Å². The van der Waals surface area contributed by atoms with Crippen LogP contribution in [0.3, 0.4) is 0 Å². The van der Waals surface area contributed by atoms with Gasteiger partial charge in [-0.3, -0.25) is 4.90 Å². The molecule has 1 fully saturated rings. The Morgan fingerprint density at radius 2 is 1.80 bits per heavy atom. The molecule has 2 heterocycles. The summed E-state index contributed by atoms with van der Waals surface area (Å²) in [5, 5.41) is 10.2. The summed E-state index contributed by atoms with van der Waals surface area (Å²) in [5.74, 6) is -0.113. The number of nitrogens with zero attached hydrogens (tertiary/aromatic N) is 3. The lowest BCUT2D eigenvalue weighted by atomic mass is 10.1. The number of halogens is 3. The largest absolute Gasteiger partial charge is 0.489 e. The van der Waals surface area contributed by atoms with Crippen molar-refractivity contribution >= 4 is 40.6 Å². The first-order valence-corrected chi connectivity index (χ1v) is 14.8. The van der Waals surface area contributed by atoms with Crippen LogP contribution in [0.4, 0.5) is 9.18 Å². The van der Waals surface area contributed by atoms with Gasteiger partial charge in [0.05, 0.1) is 28.3 Å². The van der Waals surface area contributed by atoms with E-state index in [-0.39, 0.29) is 29.6 Å². The molecule has 2 aromatic carbocycles. The van der Waals surface area contributed by atoms with E-state index in [4.69, 9.17) is 42.1 Å². The van der Waals surface area contributed by atoms with Crippen LogP contribution in [-0.2, 0) is 9.47 Å². The number of hydrogen-bond donors (Lipinski definition) is 0. The van der Waals surface area contributed by atoms with Crippen LogP contribution < -0.4 is 9.47 Å². The lowest BCUT2D eigenvalue weighted by molar-refractivity contribution is -0.0760. The topological polar surface area (TPSA) is 83.0 Å². The molecule has 12 heteroatoms. The fourth-order valence-corrected chi connectivity index (χ4v) is 5.88. The quantitative estimate of drug-likeness (QED) is 0.261. The van der Waals surface area contributed by atoms with Gasteiger partial charge in [0, 0.05) is 17.2 Å². The van der Waals surface area contributed by atoms with Gasteiger partial charge in [0.15, 0.2) is 11.6 Å². The number of ether oxygens (including phenoxy) is 4. The van der Waals surface area contributed by atoms with Crippen molar-refractivity contribution in [3.05, 3.63) is 46.2 Å². The van der Waals surface area contributed by atoms with Crippen molar-refractivity contribution in [3.8, 4) is 32.6 Å². The third-order valence-corrected chi connectivity index (χ3v) is 7.76. The summed E-state index contributed by atoms with van der Waals surface area (Å²) >= 11 is 14.2. The summed E-state index contributed by atoms with van der Waals surface area (Å²) < 4.78 is 38.4. The number of hydrogen-bond acceptors (Lipinski definition) is 8. The van der Waals surface area contributed by atoms with E-state index in [0.29, 0.717) is 26.4 Å². The number of aromatic nitrogens is 2. The maximum Gasteiger partial charge on any atom is 0.413 e. The molecule has 8 nitrogen and oxygen atoms in total. The third-order valence-electron chi connectivity index (χ3n) is 6.15. The van der Waals surface area contributed by atoms with Gasteiger partial charge in [-0.15, -0.1) is 10.2 Å². The van der Waals surface area contributed by atoms with E-state index in [2.05, 4.69) is 10.2 Å².